The molecule has 0 aromatic rings. The summed E-state index contributed by atoms with van der Waals surface area (Å²) >= 11 is 0. The predicted octanol–water partition coefficient (Wildman–Crippen LogP) is 3.29. The minimum Gasteiger partial charge on any atom is -0.395 e. The number of hydrogen-bond acceptors (Lipinski definition) is 4. The number of aliphatic hydroxyl groups is 1. The van der Waals surface area contributed by atoms with Crippen LogP contribution in [0.1, 0.15) is 78.1 Å². The van der Waals surface area contributed by atoms with Crippen LogP contribution in [-0.4, -0.2) is 45.0 Å². The Morgan fingerprint density at radius 1 is 0.926 bits per heavy atom. The molecular weight excluding hydrogens is 360 g/mol. The standard InChI is InChI=1S/C21H42N2O3S/c1-16(18-6-4-8-20(14-18)22-12-13-24)10-11-17(2)19-7-5-9-21(15-19)23-27(3,25)26/h16-24H,4-15H2,1-3H3. The van der Waals surface area contributed by atoms with Crippen molar-refractivity contribution < 1.29 is 13.5 Å². The topological polar surface area (TPSA) is 78.4 Å². The van der Waals surface area contributed by atoms with Crippen molar-refractivity contribution >= 4 is 10.0 Å². The fourth-order valence-electron chi connectivity index (χ4n) is 5.35. The largest absolute Gasteiger partial charge is 0.395 e. The number of nitrogens with one attached hydrogen (secondary N) is 2. The highest BCUT2D eigenvalue weighted by molar-refractivity contribution is 7.88. The van der Waals surface area contributed by atoms with E-state index in [0.29, 0.717) is 24.4 Å². The molecule has 0 heterocycles. The van der Waals surface area contributed by atoms with E-state index in [2.05, 4.69) is 23.9 Å². The van der Waals surface area contributed by atoms with Gasteiger partial charge < -0.3 is 10.4 Å². The molecule has 0 aliphatic heterocycles. The zero-order chi connectivity index (χ0) is 19.9. The maximum absolute atomic E-state index is 11.5. The lowest BCUT2D eigenvalue weighted by atomic mass is 9.73. The first-order valence-electron chi connectivity index (χ1n) is 11.1. The van der Waals surface area contributed by atoms with Gasteiger partial charge in [-0.1, -0.05) is 52.4 Å². The van der Waals surface area contributed by atoms with E-state index >= 15 is 0 Å². The lowest BCUT2D eigenvalue weighted by molar-refractivity contribution is 0.178. The van der Waals surface area contributed by atoms with Gasteiger partial charge in [-0.25, -0.2) is 13.1 Å². The number of sulfonamides is 1. The molecule has 2 fully saturated rings. The molecule has 0 aromatic carbocycles. The first kappa shape index (κ1) is 23.1. The van der Waals surface area contributed by atoms with E-state index in [1.54, 1.807) is 0 Å². The van der Waals surface area contributed by atoms with Crippen LogP contribution in [0.3, 0.4) is 0 Å². The smallest absolute Gasteiger partial charge is 0.208 e. The number of aliphatic hydroxyl groups excluding tert-OH is 1. The van der Waals surface area contributed by atoms with Crippen molar-refractivity contribution in [2.24, 2.45) is 23.7 Å². The second-order valence-corrected chi connectivity index (χ2v) is 11.1. The summed E-state index contributed by atoms with van der Waals surface area (Å²) in [5.74, 6) is 2.87. The second-order valence-electron chi connectivity index (χ2n) is 9.35. The molecule has 0 saturated heterocycles. The summed E-state index contributed by atoms with van der Waals surface area (Å²) in [5, 5.41) is 12.5. The third kappa shape index (κ3) is 8.38. The first-order chi connectivity index (χ1) is 12.8. The average molecular weight is 403 g/mol. The molecule has 6 unspecified atom stereocenters. The van der Waals surface area contributed by atoms with Gasteiger partial charge in [0, 0.05) is 18.6 Å². The van der Waals surface area contributed by atoms with Gasteiger partial charge in [-0.15, -0.1) is 0 Å². The van der Waals surface area contributed by atoms with Crippen molar-refractivity contribution in [3.63, 3.8) is 0 Å². The van der Waals surface area contributed by atoms with Crippen LogP contribution in [-0.2, 0) is 10.0 Å². The van der Waals surface area contributed by atoms with Crippen LogP contribution >= 0.6 is 0 Å². The Kier molecular flexibility index (Phi) is 9.53. The average Bonchev–Trinajstić information content (AvgIpc) is 2.63. The molecule has 6 atom stereocenters. The lowest BCUT2D eigenvalue weighted by Crippen LogP contribution is -2.39. The molecule has 2 rings (SSSR count). The Labute approximate surface area is 167 Å². The van der Waals surface area contributed by atoms with Crippen LogP contribution in [0.2, 0.25) is 0 Å². The summed E-state index contributed by atoms with van der Waals surface area (Å²) in [6, 6.07) is 0.715. The van der Waals surface area contributed by atoms with Crippen LogP contribution in [0, 0.1) is 23.7 Å². The van der Waals surface area contributed by atoms with Crippen LogP contribution in [0.15, 0.2) is 0 Å². The fraction of sp³-hybridized carbons (Fsp3) is 1.00. The van der Waals surface area contributed by atoms with Gasteiger partial charge in [0.2, 0.25) is 10.0 Å². The van der Waals surface area contributed by atoms with E-state index in [1.807, 2.05) is 0 Å². The highest BCUT2D eigenvalue weighted by atomic mass is 32.2. The summed E-state index contributed by atoms with van der Waals surface area (Å²) in [6.45, 7) is 5.73. The summed E-state index contributed by atoms with van der Waals surface area (Å²) in [5.41, 5.74) is 0. The monoisotopic (exact) mass is 402 g/mol. The van der Waals surface area contributed by atoms with E-state index in [4.69, 9.17) is 5.11 Å². The SMILES string of the molecule is CC(CCC(C)C1CCCC(NS(C)(=O)=O)C1)C1CCCC(NCCO)C1. The van der Waals surface area contributed by atoms with Gasteiger partial charge in [0.05, 0.1) is 12.9 Å². The summed E-state index contributed by atoms with van der Waals surface area (Å²) in [4.78, 5) is 0. The molecule has 0 radical (unpaired) electrons. The van der Waals surface area contributed by atoms with Gasteiger partial charge in [-0.3, -0.25) is 0 Å². The normalized spacial score (nSPS) is 32.1. The van der Waals surface area contributed by atoms with E-state index in [0.717, 1.165) is 31.1 Å². The number of hydrogen-bond donors (Lipinski definition) is 3. The minimum absolute atomic E-state index is 0.135. The van der Waals surface area contributed by atoms with Crippen molar-refractivity contribution in [3.8, 4) is 0 Å². The third-order valence-electron chi connectivity index (χ3n) is 7.04. The van der Waals surface area contributed by atoms with Crippen molar-refractivity contribution in [1.82, 2.24) is 10.0 Å². The molecule has 0 aromatic heterocycles. The molecule has 27 heavy (non-hydrogen) atoms. The summed E-state index contributed by atoms with van der Waals surface area (Å²) in [7, 11) is -3.10. The van der Waals surface area contributed by atoms with E-state index in [1.165, 1.54) is 51.2 Å². The maximum atomic E-state index is 11.5. The van der Waals surface area contributed by atoms with Crippen LogP contribution in [0.5, 0.6) is 0 Å². The molecule has 6 heteroatoms. The Hall–Kier alpha value is -0.170. The Balaban J connectivity index is 1.74. The Bertz CT molecular complexity index is 526. The Morgan fingerprint density at radius 3 is 1.96 bits per heavy atom. The molecule has 2 saturated carbocycles. The number of rotatable bonds is 10. The van der Waals surface area contributed by atoms with Crippen molar-refractivity contribution in [3.05, 3.63) is 0 Å². The summed E-state index contributed by atoms with van der Waals surface area (Å²) in [6.07, 6.45) is 13.3. The minimum atomic E-state index is -3.10. The van der Waals surface area contributed by atoms with Gasteiger partial charge in [0.15, 0.2) is 0 Å². The van der Waals surface area contributed by atoms with Gasteiger partial charge in [-0.2, -0.15) is 0 Å². The van der Waals surface area contributed by atoms with Crippen LogP contribution < -0.4 is 10.0 Å². The van der Waals surface area contributed by atoms with E-state index in [-0.39, 0.29) is 12.6 Å². The Morgan fingerprint density at radius 2 is 1.44 bits per heavy atom. The maximum Gasteiger partial charge on any atom is 0.208 e. The first-order valence-corrected chi connectivity index (χ1v) is 13.0. The third-order valence-corrected chi connectivity index (χ3v) is 7.80. The molecule has 0 bridgehead atoms. The lowest BCUT2D eigenvalue weighted by Gasteiger charge is -2.36. The molecule has 2 aliphatic rings. The van der Waals surface area contributed by atoms with Crippen LogP contribution in [0.25, 0.3) is 0 Å². The molecule has 160 valence electrons. The van der Waals surface area contributed by atoms with Gasteiger partial charge in [-0.05, 0) is 49.4 Å². The molecule has 3 N–H and O–H groups in total. The van der Waals surface area contributed by atoms with Crippen LogP contribution in [0.4, 0.5) is 0 Å². The zero-order valence-electron chi connectivity index (χ0n) is 17.6. The predicted molar refractivity (Wildman–Crippen MR) is 112 cm³/mol. The molecule has 5 nitrogen and oxygen atoms in total. The molecular formula is C21H42N2O3S. The summed E-state index contributed by atoms with van der Waals surface area (Å²) < 4.78 is 25.9. The van der Waals surface area contributed by atoms with E-state index < -0.39 is 10.0 Å². The highest BCUT2D eigenvalue weighted by Gasteiger charge is 2.29. The fourth-order valence-corrected chi connectivity index (χ4v) is 6.17. The molecule has 0 amide bonds. The van der Waals surface area contributed by atoms with Crippen molar-refractivity contribution in [2.45, 2.75) is 90.1 Å². The highest BCUT2D eigenvalue weighted by Crippen LogP contribution is 2.36. The van der Waals surface area contributed by atoms with E-state index in [9.17, 15) is 8.42 Å². The quantitative estimate of drug-likeness (QED) is 0.524. The van der Waals surface area contributed by atoms with Gasteiger partial charge in [0.25, 0.3) is 0 Å². The molecule has 2 aliphatic carbocycles. The molecule has 0 spiro atoms. The van der Waals surface area contributed by atoms with Gasteiger partial charge in [0.1, 0.15) is 0 Å². The zero-order valence-corrected chi connectivity index (χ0v) is 18.4. The second kappa shape index (κ2) is 11.1. The van der Waals surface area contributed by atoms with Crippen molar-refractivity contribution in [2.75, 3.05) is 19.4 Å². The van der Waals surface area contributed by atoms with Gasteiger partial charge >= 0.3 is 0 Å². The van der Waals surface area contributed by atoms with Crippen molar-refractivity contribution in [1.29, 1.82) is 0 Å².